The van der Waals surface area contributed by atoms with Gasteiger partial charge in [-0.3, -0.25) is 0 Å². The molecule has 1 rings (SSSR count). The van der Waals surface area contributed by atoms with Crippen molar-refractivity contribution in [1.29, 1.82) is 0 Å². The van der Waals surface area contributed by atoms with Crippen molar-refractivity contribution in [3.8, 4) is 0 Å². The molecule has 0 heterocycles. The van der Waals surface area contributed by atoms with Gasteiger partial charge in [0.05, 0.1) is 6.61 Å². The molecule has 1 aromatic carbocycles. The van der Waals surface area contributed by atoms with E-state index in [0.717, 1.165) is 32.1 Å². The Morgan fingerprint density at radius 3 is 1.91 bits per heavy atom. The number of alkyl halides is 3. The third-order valence-electron chi connectivity index (χ3n) is 4.04. The van der Waals surface area contributed by atoms with Crippen molar-refractivity contribution in [3.05, 3.63) is 35.4 Å². The van der Waals surface area contributed by atoms with Gasteiger partial charge < -0.3 is 10.8 Å². The van der Waals surface area contributed by atoms with Gasteiger partial charge >= 0.3 is 6.18 Å². The Balaban J connectivity index is 2.21. The van der Waals surface area contributed by atoms with Crippen molar-refractivity contribution in [2.45, 2.75) is 70.0 Å². The Morgan fingerprint density at radius 1 is 0.870 bits per heavy atom. The minimum absolute atomic E-state index is 0.0284. The van der Waals surface area contributed by atoms with Crippen LogP contribution in [0.3, 0.4) is 0 Å². The first kappa shape index (κ1) is 20.0. The van der Waals surface area contributed by atoms with Gasteiger partial charge in [-0.2, -0.15) is 13.2 Å². The lowest BCUT2D eigenvalue weighted by Crippen LogP contribution is -2.40. The average Bonchev–Trinajstić information content (AvgIpc) is 2.49. The summed E-state index contributed by atoms with van der Waals surface area (Å²) in [7, 11) is 0. The second-order valence-corrected chi connectivity index (χ2v) is 6.66. The highest BCUT2D eigenvalue weighted by Crippen LogP contribution is 2.23. The van der Waals surface area contributed by atoms with Gasteiger partial charge in [-0.1, -0.05) is 37.1 Å². The fourth-order valence-electron chi connectivity index (χ4n) is 2.39. The first-order valence-corrected chi connectivity index (χ1v) is 8.26. The molecule has 0 radical (unpaired) electrons. The highest BCUT2D eigenvalue weighted by atomic mass is 19.4. The van der Waals surface area contributed by atoms with Crippen LogP contribution in [0.5, 0.6) is 0 Å². The summed E-state index contributed by atoms with van der Waals surface area (Å²) < 4.78 is 36.0. The van der Waals surface area contributed by atoms with Crippen molar-refractivity contribution in [1.82, 2.24) is 0 Å². The third-order valence-corrected chi connectivity index (χ3v) is 4.04. The molecular weight excluding hydrogens is 303 g/mol. The van der Waals surface area contributed by atoms with E-state index in [4.69, 9.17) is 10.8 Å². The van der Waals surface area contributed by atoms with E-state index in [1.807, 2.05) is 6.92 Å². The van der Waals surface area contributed by atoms with Crippen LogP contribution >= 0.6 is 0 Å². The molecule has 0 aliphatic heterocycles. The third kappa shape index (κ3) is 9.61. The molecule has 0 unspecified atom stereocenters. The van der Waals surface area contributed by atoms with Gasteiger partial charge in [0.25, 0.3) is 0 Å². The largest absolute Gasteiger partial charge is 0.394 e. The Kier molecular flexibility index (Phi) is 8.06. The summed E-state index contributed by atoms with van der Waals surface area (Å²) in [5.74, 6) is 0. The molecule has 23 heavy (non-hydrogen) atoms. The van der Waals surface area contributed by atoms with E-state index < -0.39 is 18.1 Å². The first-order chi connectivity index (χ1) is 10.7. The van der Waals surface area contributed by atoms with Crippen LogP contribution in [0.2, 0.25) is 0 Å². The molecule has 1 aromatic rings. The maximum Gasteiger partial charge on any atom is 0.389 e. The Hall–Kier alpha value is -1.07. The molecule has 0 spiro atoms. The summed E-state index contributed by atoms with van der Waals surface area (Å²) in [6, 6.07) is 8.26. The summed E-state index contributed by atoms with van der Waals surface area (Å²) >= 11 is 0. The molecule has 1 atom stereocenters. The number of nitrogens with two attached hydrogens (primary N) is 1. The van der Waals surface area contributed by atoms with E-state index >= 15 is 0 Å². The van der Waals surface area contributed by atoms with Gasteiger partial charge in [-0.25, -0.2) is 0 Å². The van der Waals surface area contributed by atoms with Crippen molar-refractivity contribution >= 4 is 0 Å². The fraction of sp³-hybridized carbons (Fsp3) is 0.667. The van der Waals surface area contributed by atoms with Gasteiger partial charge in [0.15, 0.2) is 0 Å². The van der Waals surface area contributed by atoms with E-state index in [1.165, 1.54) is 11.1 Å². The number of aryl methyl sites for hydroxylation is 2. The Labute approximate surface area is 136 Å². The average molecular weight is 331 g/mol. The van der Waals surface area contributed by atoms with Crippen LogP contribution < -0.4 is 5.73 Å². The number of halogens is 3. The van der Waals surface area contributed by atoms with Crippen LogP contribution in [0.15, 0.2) is 24.3 Å². The van der Waals surface area contributed by atoms with E-state index in [2.05, 4.69) is 24.3 Å². The maximum absolute atomic E-state index is 12.0. The molecule has 0 amide bonds. The molecule has 0 bridgehead atoms. The number of rotatable bonds is 10. The summed E-state index contributed by atoms with van der Waals surface area (Å²) in [4.78, 5) is 0. The van der Waals surface area contributed by atoms with Gasteiger partial charge in [-0.15, -0.1) is 0 Å². The van der Waals surface area contributed by atoms with E-state index in [-0.39, 0.29) is 13.0 Å². The molecule has 0 aliphatic carbocycles. The minimum Gasteiger partial charge on any atom is -0.394 e. The lowest BCUT2D eigenvalue weighted by Gasteiger charge is -2.21. The number of aliphatic hydroxyl groups excluding tert-OH is 1. The minimum atomic E-state index is -4.02. The SMILES string of the molecule is C[C@](N)(CO)CCc1ccc(CCCCCCC(F)(F)F)cc1. The van der Waals surface area contributed by atoms with E-state index in [1.54, 1.807) is 0 Å². The topological polar surface area (TPSA) is 46.2 Å². The van der Waals surface area contributed by atoms with Gasteiger partial charge in [0, 0.05) is 12.0 Å². The molecule has 0 saturated heterocycles. The molecule has 2 nitrogen and oxygen atoms in total. The van der Waals surface area contributed by atoms with E-state index in [9.17, 15) is 13.2 Å². The number of hydrogen-bond donors (Lipinski definition) is 2. The lowest BCUT2D eigenvalue weighted by atomic mass is 9.94. The monoisotopic (exact) mass is 331 g/mol. The highest BCUT2D eigenvalue weighted by molar-refractivity contribution is 5.23. The zero-order chi connectivity index (χ0) is 17.3. The Morgan fingerprint density at radius 2 is 1.39 bits per heavy atom. The van der Waals surface area contributed by atoms with Crippen LogP contribution in [0.1, 0.15) is 56.6 Å². The molecule has 0 saturated carbocycles. The number of aliphatic hydroxyl groups is 1. The summed E-state index contributed by atoms with van der Waals surface area (Å²) in [5, 5.41) is 9.13. The first-order valence-electron chi connectivity index (χ1n) is 8.26. The van der Waals surface area contributed by atoms with Crippen molar-refractivity contribution < 1.29 is 18.3 Å². The predicted molar refractivity (Wildman–Crippen MR) is 87.3 cm³/mol. The summed E-state index contributed by atoms with van der Waals surface area (Å²) in [5.41, 5.74) is 7.75. The van der Waals surface area contributed by atoms with Crippen LogP contribution in [-0.4, -0.2) is 23.4 Å². The van der Waals surface area contributed by atoms with Crippen molar-refractivity contribution in [2.75, 3.05) is 6.61 Å². The van der Waals surface area contributed by atoms with E-state index in [0.29, 0.717) is 6.42 Å². The van der Waals surface area contributed by atoms with Crippen molar-refractivity contribution in [3.63, 3.8) is 0 Å². The summed E-state index contributed by atoms with van der Waals surface area (Å²) in [6.07, 6.45) is 0.368. The normalized spacial score (nSPS) is 14.7. The molecule has 0 aliphatic rings. The molecule has 0 aromatic heterocycles. The van der Waals surface area contributed by atoms with Crippen LogP contribution in [0.4, 0.5) is 13.2 Å². The molecule has 0 fully saturated rings. The standard InChI is InChI=1S/C18H28F3NO/c1-17(22,14-23)13-11-16-9-7-15(8-10-16)6-4-2-3-5-12-18(19,20)21/h7-10,23H,2-6,11-14,22H2,1H3/t17-/m1/s1. The Bertz CT molecular complexity index is 441. The molecular formula is C18H28F3NO. The van der Waals surface area contributed by atoms with Crippen molar-refractivity contribution in [2.24, 2.45) is 5.73 Å². The lowest BCUT2D eigenvalue weighted by molar-refractivity contribution is -0.135. The highest BCUT2D eigenvalue weighted by Gasteiger charge is 2.25. The van der Waals surface area contributed by atoms with Gasteiger partial charge in [-0.05, 0) is 50.2 Å². The predicted octanol–water partition coefficient (Wildman–Crippen LogP) is 4.38. The second-order valence-electron chi connectivity index (χ2n) is 6.66. The number of benzene rings is 1. The smallest absolute Gasteiger partial charge is 0.389 e. The zero-order valence-corrected chi connectivity index (χ0v) is 13.8. The summed E-state index contributed by atoms with van der Waals surface area (Å²) in [6.45, 7) is 1.81. The van der Waals surface area contributed by atoms with Crippen LogP contribution in [0.25, 0.3) is 0 Å². The van der Waals surface area contributed by atoms with Crippen LogP contribution in [-0.2, 0) is 12.8 Å². The van der Waals surface area contributed by atoms with Gasteiger partial charge in [0.1, 0.15) is 0 Å². The number of hydrogen-bond acceptors (Lipinski definition) is 2. The number of unbranched alkanes of at least 4 members (excludes halogenated alkanes) is 3. The maximum atomic E-state index is 12.0. The molecule has 132 valence electrons. The fourth-order valence-corrected chi connectivity index (χ4v) is 2.39. The van der Waals surface area contributed by atoms with Gasteiger partial charge in [0.2, 0.25) is 0 Å². The second kappa shape index (κ2) is 9.28. The molecule has 3 N–H and O–H groups in total. The quantitative estimate of drug-likeness (QED) is 0.625. The van der Waals surface area contributed by atoms with Crippen LogP contribution in [0, 0.1) is 0 Å². The zero-order valence-electron chi connectivity index (χ0n) is 13.8. The molecule has 5 heteroatoms.